The molecule has 1 fully saturated rings. The smallest absolute Gasteiger partial charge is 0.123 e. The predicted molar refractivity (Wildman–Crippen MR) is 80.4 cm³/mol. The number of likely N-dealkylation sites (N-methyl/N-ethyl adjacent to an activating group) is 1. The van der Waals surface area contributed by atoms with Crippen molar-refractivity contribution in [3.63, 3.8) is 0 Å². The lowest BCUT2D eigenvalue weighted by Crippen LogP contribution is -2.38. The first-order valence-electron chi connectivity index (χ1n) is 7.66. The summed E-state index contributed by atoms with van der Waals surface area (Å²) in [5.74, 6) is 0.610. The number of benzene rings is 1. The summed E-state index contributed by atoms with van der Waals surface area (Å²) in [6.45, 7) is 4.92. The van der Waals surface area contributed by atoms with Crippen molar-refractivity contribution in [2.75, 3.05) is 13.7 Å². The molecule has 3 heteroatoms. The molecule has 112 valence electrons. The lowest BCUT2D eigenvalue weighted by atomic mass is 9.77. The van der Waals surface area contributed by atoms with Crippen LogP contribution < -0.4 is 5.32 Å². The molecule has 1 aromatic carbocycles. The summed E-state index contributed by atoms with van der Waals surface area (Å²) < 4.78 is 18.9. The number of halogens is 1. The third-order valence-corrected chi connectivity index (χ3v) is 4.40. The summed E-state index contributed by atoms with van der Waals surface area (Å²) in [5, 5.41) is 3.38. The second kappa shape index (κ2) is 7.19. The Balaban J connectivity index is 1.85. The summed E-state index contributed by atoms with van der Waals surface area (Å²) in [4.78, 5) is 0. The van der Waals surface area contributed by atoms with E-state index in [-0.39, 0.29) is 5.82 Å². The van der Waals surface area contributed by atoms with Crippen molar-refractivity contribution in [2.45, 2.75) is 51.7 Å². The molecule has 1 aliphatic carbocycles. The molecule has 20 heavy (non-hydrogen) atoms. The minimum Gasteiger partial charge on any atom is -0.378 e. The van der Waals surface area contributed by atoms with Gasteiger partial charge in [-0.2, -0.15) is 0 Å². The van der Waals surface area contributed by atoms with Gasteiger partial charge in [0.15, 0.2) is 0 Å². The summed E-state index contributed by atoms with van der Waals surface area (Å²) in [6, 6.07) is 5.49. The Morgan fingerprint density at radius 1 is 1.40 bits per heavy atom. The van der Waals surface area contributed by atoms with Crippen LogP contribution in [-0.4, -0.2) is 25.8 Å². The lowest BCUT2D eigenvalue weighted by molar-refractivity contribution is -0.0288. The zero-order valence-electron chi connectivity index (χ0n) is 12.8. The average Bonchev–Trinajstić information content (AvgIpc) is 2.39. The van der Waals surface area contributed by atoms with Gasteiger partial charge in [0.25, 0.3) is 0 Å². The number of hydrogen-bond donors (Lipinski definition) is 1. The monoisotopic (exact) mass is 279 g/mol. The first kappa shape index (κ1) is 15.5. The van der Waals surface area contributed by atoms with Gasteiger partial charge >= 0.3 is 0 Å². The largest absolute Gasteiger partial charge is 0.378 e. The van der Waals surface area contributed by atoms with E-state index in [0.717, 1.165) is 30.9 Å². The van der Waals surface area contributed by atoms with E-state index in [1.165, 1.54) is 24.5 Å². The van der Waals surface area contributed by atoms with Crippen LogP contribution in [0.15, 0.2) is 18.2 Å². The maximum Gasteiger partial charge on any atom is 0.123 e. The van der Waals surface area contributed by atoms with Crippen LogP contribution in [0, 0.1) is 18.7 Å². The lowest BCUT2D eigenvalue weighted by Gasteiger charge is -2.37. The van der Waals surface area contributed by atoms with E-state index in [2.05, 4.69) is 19.2 Å². The predicted octanol–water partition coefficient (Wildman–Crippen LogP) is 3.47. The Labute approximate surface area is 121 Å². The van der Waals surface area contributed by atoms with Crippen molar-refractivity contribution in [1.82, 2.24) is 5.32 Å². The fourth-order valence-corrected chi connectivity index (χ4v) is 3.07. The van der Waals surface area contributed by atoms with Gasteiger partial charge in [-0.15, -0.1) is 0 Å². The molecule has 2 rings (SSSR count). The third-order valence-electron chi connectivity index (χ3n) is 4.40. The Morgan fingerprint density at radius 2 is 2.15 bits per heavy atom. The van der Waals surface area contributed by atoms with Crippen LogP contribution in [0.25, 0.3) is 0 Å². The van der Waals surface area contributed by atoms with E-state index < -0.39 is 0 Å². The summed E-state index contributed by atoms with van der Waals surface area (Å²) in [6.07, 6.45) is 4.87. The minimum atomic E-state index is -0.138. The molecule has 1 aromatic rings. The maximum absolute atomic E-state index is 13.3. The highest BCUT2D eigenvalue weighted by atomic mass is 19.1. The van der Waals surface area contributed by atoms with Crippen molar-refractivity contribution < 1.29 is 9.13 Å². The summed E-state index contributed by atoms with van der Waals surface area (Å²) >= 11 is 0. The van der Waals surface area contributed by atoms with Crippen LogP contribution in [0.5, 0.6) is 0 Å². The number of aryl methyl sites for hydroxylation is 1. The van der Waals surface area contributed by atoms with Crippen molar-refractivity contribution in [1.29, 1.82) is 0 Å². The molecule has 1 N–H and O–H groups in total. The molecule has 0 radical (unpaired) electrons. The van der Waals surface area contributed by atoms with E-state index >= 15 is 0 Å². The Hall–Kier alpha value is -0.930. The molecule has 1 atom stereocenters. The van der Waals surface area contributed by atoms with Gasteiger partial charge in [-0.25, -0.2) is 4.39 Å². The van der Waals surface area contributed by atoms with Crippen molar-refractivity contribution in [2.24, 2.45) is 5.92 Å². The number of ether oxygens (including phenoxy) is 1. The number of rotatable bonds is 7. The van der Waals surface area contributed by atoms with Gasteiger partial charge in [0.05, 0.1) is 6.10 Å². The van der Waals surface area contributed by atoms with Gasteiger partial charge in [-0.3, -0.25) is 0 Å². The first-order valence-corrected chi connectivity index (χ1v) is 7.66. The number of hydrogen-bond acceptors (Lipinski definition) is 2. The second-order valence-electron chi connectivity index (χ2n) is 5.91. The molecule has 0 aromatic heterocycles. The van der Waals surface area contributed by atoms with Gasteiger partial charge in [0.2, 0.25) is 0 Å². The van der Waals surface area contributed by atoms with Gasteiger partial charge in [-0.05, 0) is 75.8 Å². The zero-order valence-corrected chi connectivity index (χ0v) is 12.8. The van der Waals surface area contributed by atoms with E-state index in [1.54, 1.807) is 6.07 Å². The van der Waals surface area contributed by atoms with Crippen LogP contribution in [0.2, 0.25) is 0 Å². The summed E-state index contributed by atoms with van der Waals surface area (Å²) in [7, 11) is 2.00. The van der Waals surface area contributed by atoms with Crippen molar-refractivity contribution in [3.05, 3.63) is 35.1 Å². The molecule has 0 saturated heterocycles. The van der Waals surface area contributed by atoms with E-state index in [0.29, 0.717) is 12.1 Å². The topological polar surface area (TPSA) is 21.3 Å². The van der Waals surface area contributed by atoms with Crippen LogP contribution in [0.4, 0.5) is 4.39 Å². The molecule has 1 saturated carbocycles. The van der Waals surface area contributed by atoms with Crippen molar-refractivity contribution >= 4 is 0 Å². The van der Waals surface area contributed by atoms with Crippen LogP contribution in [-0.2, 0) is 11.2 Å². The molecule has 0 heterocycles. The normalized spacial score (nSPS) is 23.4. The van der Waals surface area contributed by atoms with Gasteiger partial charge < -0.3 is 10.1 Å². The van der Waals surface area contributed by atoms with E-state index in [4.69, 9.17) is 4.74 Å². The molecule has 0 aliphatic heterocycles. The highest BCUT2D eigenvalue weighted by Crippen LogP contribution is 2.34. The highest BCUT2D eigenvalue weighted by molar-refractivity contribution is 5.27. The van der Waals surface area contributed by atoms with Gasteiger partial charge in [0, 0.05) is 12.6 Å². The maximum atomic E-state index is 13.3. The molecule has 0 spiro atoms. The Bertz CT molecular complexity index is 429. The minimum absolute atomic E-state index is 0.138. The quantitative estimate of drug-likeness (QED) is 0.825. The number of nitrogens with one attached hydrogen (secondary N) is 1. The summed E-state index contributed by atoms with van der Waals surface area (Å²) in [5.41, 5.74) is 2.29. The fraction of sp³-hybridized carbons (Fsp3) is 0.647. The first-order chi connectivity index (χ1) is 9.62. The van der Waals surface area contributed by atoms with Crippen LogP contribution >= 0.6 is 0 Å². The van der Waals surface area contributed by atoms with Gasteiger partial charge in [-0.1, -0.05) is 6.07 Å². The Morgan fingerprint density at radius 3 is 2.80 bits per heavy atom. The molecule has 1 aliphatic rings. The van der Waals surface area contributed by atoms with Gasteiger partial charge in [0.1, 0.15) is 5.82 Å². The SMILES string of the molecule is CCOC1CC(CC(Cc2cc(F)ccc2C)NC)C1. The molecule has 0 amide bonds. The Kier molecular flexibility index (Phi) is 5.55. The second-order valence-corrected chi connectivity index (χ2v) is 5.91. The van der Waals surface area contributed by atoms with Crippen LogP contribution in [0.1, 0.15) is 37.3 Å². The van der Waals surface area contributed by atoms with Crippen molar-refractivity contribution in [3.8, 4) is 0 Å². The van der Waals surface area contributed by atoms with Crippen LogP contribution in [0.3, 0.4) is 0 Å². The molecular formula is C17H26FNO. The van der Waals surface area contributed by atoms with E-state index in [9.17, 15) is 4.39 Å². The zero-order chi connectivity index (χ0) is 14.5. The third kappa shape index (κ3) is 4.03. The molecular weight excluding hydrogens is 253 g/mol. The van der Waals surface area contributed by atoms with E-state index in [1.807, 2.05) is 13.1 Å². The fourth-order valence-electron chi connectivity index (χ4n) is 3.07. The average molecular weight is 279 g/mol. The molecule has 1 unspecified atom stereocenters. The highest BCUT2D eigenvalue weighted by Gasteiger charge is 2.31. The molecule has 2 nitrogen and oxygen atoms in total. The molecule has 0 bridgehead atoms. The standard InChI is InChI=1S/C17H26FNO/c1-4-20-17-8-13(9-17)7-16(19-3)11-14-10-15(18)6-5-12(14)2/h5-6,10,13,16-17,19H,4,7-9,11H2,1-3H3.